The van der Waals surface area contributed by atoms with Crippen molar-refractivity contribution in [2.24, 2.45) is 0 Å². The number of benzene rings is 3. The molecular weight excluding hydrogens is 542 g/mol. The predicted octanol–water partition coefficient (Wildman–Crippen LogP) is 5.60. The Labute approximate surface area is 244 Å². The molecule has 0 aliphatic carbocycles. The zero-order valence-electron chi connectivity index (χ0n) is 24.0. The zero-order valence-corrected chi connectivity index (χ0v) is 24.0. The lowest BCUT2D eigenvalue weighted by molar-refractivity contribution is -0.147. The van der Waals surface area contributed by atoms with Crippen LogP contribution in [0.3, 0.4) is 0 Å². The number of methoxy groups -OCH3 is 1. The van der Waals surface area contributed by atoms with E-state index in [2.05, 4.69) is 10.7 Å². The quantitative estimate of drug-likeness (QED) is 0.191. The van der Waals surface area contributed by atoms with E-state index in [-0.39, 0.29) is 19.6 Å². The van der Waals surface area contributed by atoms with Gasteiger partial charge in [-0.3, -0.25) is 5.32 Å². The van der Waals surface area contributed by atoms with Gasteiger partial charge in [0, 0.05) is 12.1 Å². The van der Waals surface area contributed by atoms with Crippen molar-refractivity contribution in [2.45, 2.75) is 52.0 Å². The lowest BCUT2D eigenvalue weighted by Crippen LogP contribution is -2.56. The molecule has 0 radical (unpaired) electrons. The van der Waals surface area contributed by atoms with Gasteiger partial charge in [-0.1, -0.05) is 72.8 Å². The van der Waals surface area contributed by atoms with Gasteiger partial charge in [0.25, 0.3) is 0 Å². The lowest BCUT2D eigenvalue weighted by atomic mass is 10.0. The number of rotatable bonds is 9. The van der Waals surface area contributed by atoms with Gasteiger partial charge in [0.05, 0.1) is 7.11 Å². The maximum absolute atomic E-state index is 13.3. The number of ether oxygens (including phenoxy) is 4. The molecule has 0 heterocycles. The van der Waals surface area contributed by atoms with E-state index >= 15 is 0 Å². The number of nitrogens with one attached hydrogen (secondary N) is 2. The fourth-order valence-corrected chi connectivity index (χ4v) is 3.73. The van der Waals surface area contributed by atoms with Crippen molar-refractivity contribution in [3.05, 3.63) is 102 Å². The monoisotopic (exact) mass is 577 g/mol. The molecule has 0 fully saturated rings. The van der Waals surface area contributed by atoms with E-state index in [1.807, 2.05) is 12.1 Å². The molecule has 1 atom stereocenters. The van der Waals surface area contributed by atoms with Crippen molar-refractivity contribution in [3.63, 3.8) is 0 Å². The van der Waals surface area contributed by atoms with Crippen LogP contribution in [0.5, 0.6) is 0 Å². The van der Waals surface area contributed by atoms with Gasteiger partial charge in [-0.25, -0.2) is 29.6 Å². The zero-order chi connectivity index (χ0) is 30.5. The predicted molar refractivity (Wildman–Crippen MR) is 154 cm³/mol. The van der Waals surface area contributed by atoms with Crippen LogP contribution in [0.25, 0.3) is 0 Å². The van der Waals surface area contributed by atoms with Crippen molar-refractivity contribution >= 4 is 29.9 Å². The smallest absolute Gasteiger partial charge is 0.429 e. The topological polar surface area (TPSA) is 132 Å². The summed E-state index contributed by atoms with van der Waals surface area (Å²) in [5.41, 5.74) is 4.01. The molecule has 0 spiro atoms. The molecule has 0 aliphatic rings. The Kier molecular flexibility index (Phi) is 11.3. The third kappa shape index (κ3) is 10.5. The van der Waals surface area contributed by atoms with Crippen LogP contribution in [0.2, 0.25) is 0 Å². The van der Waals surface area contributed by atoms with Crippen LogP contribution in [0.15, 0.2) is 84.9 Å². The van der Waals surface area contributed by atoms with Gasteiger partial charge in [-0.15, -0.1) is 0 Å². The summed E-state index contributed by atoms with van der Waals surface area (Å²) < 4.78 is 21.0. The number of hydrogen-bond acceptors (Lipinski definition) is 8. The first-order valence-corrected chi connectivity index (χ1v) is 13.2. The first-order valence-electron chi connectivity index (χ1n) is 13.2. The average molecular weight is 578 g/mol. The van der Waals surface area contributed by atoms with E-state index in [1.54, 1.807) is 93.6 Å². The highest BCUT2D eigenvalue weighted by molar-refractivity contribution is 5.85. The Morgan fingerprint density at radius 1 is 0.762 bits per heavy atom. The number of hydrazine groups is 1. The summed E-state index contributed by atoms with van der Waals surface area (Å²) in [7, 11) is 1.16. The van der Waals surface area contributed by atoms with Crippen LogP contribution in [-0.2, 0) is 43.4 Å². The molecule has 0 saturated carbocycles. The van der Waals surface area contributed by atoms with E-state index in [1.165, 1.54) is 0 Å². The molecule has 222 valence electrons. The summed E-state index contributed by atoms with van der Waals surface area (Å²) in [6.07, 6.45) is -2.74. The standard InChI is InChI=1S/C31H35N3O8/c1-31(2,3)42-28(36)32-25-17-11-16-24(18-25)19-26(27(35)39-4)34(30(38)41-21-23-14-9-6-10-15-23)33-29(37)40-20-22-12-7-5-8-13-22/h5-18,26H,19-21H2,1-4H3,(H,32,36)(H,33,37)/t26-/m0/s1. The minimum absolute atomic E-state index is 0.0686. The highest BCUT2D eigenvalue weighted by atomic mass is 16.6. The second-order valence-electron chi connectivity index (χ2n) is 10.2. The van der Waals surface area contributed by atoms with E-state index < -0.39 is 35.9 Å². The van der Waals surface area contributed by atoms with Gasteiger partial charge in [-0.2, -0.15) is 0 Å². The van der Waals surface area contributed by atoms with Crippen molar-refractivity contribution in [1.82, 2.24) is 10.4 Å². The first kappa shape index (κ1) is 31.5. The van der Waals surface area contributed by atoms with Gasteiger partial charge < -0.3 is 18.9 Å². The van der Waals surface area contributed by atoms with Gasteiger partial charge >= 0.3 is 24.2 Å². The van der Waals surface area contributed by atoms with Gasteiger partial charge in [-0.05, 0) is 49.6 Å². The van der Waals surface area contributed by atoms with Gasteiger partial charge in [0.2, 0.25) is 0 Å². The summed E-state index contributed by atoms with van der Waals surface area (Å²) in [4.78, 5) is 51.3. The molecule has 0 aliphatic heterocycles. The number of hydrogen-bond donors (Lipinski definition) is 2. The van der Waals surface area contributed by atoms with Crippen LogP contribution in [0.4, 0.5) is 20.1 Å². The maximum Gasteiger partial charge on any atom is 0.429 e. The summed E-state index contributed by atoms with van der Waals surface area (Å²) >= 11 is 0. The molecule has 2 N–H and O–H groups in total. The number of amides is 3. The Hall–Kier alpha value is -5.06. The third-order valence-electron chi connectivity index (χ3n) is 5.61. The van der Waals surface area contributed by atoms with Gasteiger partial charge in [0.15, 0.2) is 6.04 Å². The molecule has 3 aromatic rings. The minimum Gasteiger partial charge on any atom is -0.467 e. The molecule has 3 amide bonds. The lowest BCUT2D eigenvalue weighted by Gasteiger charge is -2.29. The summed E-state index contributed by atoms with van der Waals surface area (Å²) in [6.45, 7) is 5.05. The highest BCUT2D eigenvalue weighted by Crippen LogP contribution is 2.18. The van der Waals surface area contributed by atoms with E-state index in [9.17, 15) is 19.2 Å². The second-order valence-corrected chi connectivity index (χ2v) is 10.2. The molecule has 0 bridgehead atoms. The number of carbonyl (C=O) groups is 4. The fourth-order valence-electron chi connectivity index (χ4n) is 3.73. The molecule has 3 rings (SSSR count). The fraction of sp³-hybridized carbons (Fsp3) is 0.290. The Morgan fingerprint density at radius 2 is 1.33 bits per heavy atom. The van der Waals surface area contributed by atoms with Crippen molar-refractivity contribution in [1.29, 1.82) is 0 Å². The van der Waals surface area contributed by atoms with Gasteiger partial charge in [0.1, 0.15) is 18.8 Å². The number of nitrogens with zero attached hydrogens (tertiary/aromatic N) is 1. The minimum atomic E-state index is -1.35. The summed E-state index contributed by atoms with van der Waals surface area (Å²) in [5, 5.41) is 3.38. The first-order chi connectivity index (χ1) is 20.0. The van der Waals surface area contributed by atoms with Crippen LogP contribution < -0.4 is 10.7 Å². The molecule has 11 nitrogen and oxygen atoms in total. The SMILES string of the molecule is COC(=O)[C@H](Cc1cccc(NC(=O)OC(C)(C)C)c1)N(NC(=O)OCc1ccccc1)C(=O)OCc1ccccc1. The van der Waals surface area contributed by atoms with Crippen molar-refractivity contribution in [2.75, 3.05) is 12.4 Å². The molecule has 0 unspecified atom stereocenters. The number of carbonyl (C=O) groups excluding carboxylic acids is 4. The average Bonchev–Trinajstić information content (AvgIpc) is 2.96. The summed E-state index contributed by atoms with van der Waals surface area (Å²) in [6, 6.07) is 23.1. The molecular formula is C31H35N3O8. The van der Waals surface area contributed by atoms with Crippen molar-refractivity contribution in [3.8, 4) is 0 Å². The third-order valence-corrected chi connectivity index (χ3v) is 5.61. The van der Waals surface area contributed by atoms with E-state index in [0.717, 1.165) is 17.7 Å². The molecule has 3 aromatic carbocycles. The highest BCUT2D eigenvalue weighted by Gasteiger charge is 2.34. The van der Waals surface area contributed by atoms with E-state index in [4.69, 9.17) is 18.9 Å². The Morgan fingerprint density at radius 3 is 1.90 bits per heavy atom. The Bertz CT molecular complexity index is 1340. The van der Waals surface area contributed by atoms with Crippen LogP contribution in [0, 0.1) is 0 Å². The molecule has 42 heavy (non-hydrogen) atoms. The largest absolute Gasteiger partial charge is 0.467 e. The Balaban J connectivity index is 1.81. The van der Waals surface area contributed by atoms with Crippen molar-refractivity contribution < 1.29 is 38.1 Å². The van der Waals surface area contributed by atoms with Crippen LogP contribution >= 0.6 is 0 Å². The maximum atomic E-state index is 13.3. The second kappa shape index (κ2) is 15.1. The number of esters is 1. The normalized spacial score (nSPS) is 11.4. The summed E-state index contributed by atoms with van der Waals surface area (Å²) in [5.74, 6) is -0.819. The van der Waals surface area contributed by atoms with E-state index in [0.29, 0.717) is 16.8 Å². The van der Waals surface area contributed by atoms with Crippen LogP contribution in [0.1, 0.15) is 37.5 Å². The molecule has 0 saturated heterocycles. The molecule has 11 heteroatoms. The molecule has 0 aromatic heterocycles. The number of anilines is 1. The van der Waals surface area contributed by atoms with Crippen LogP contribution in [-0.4, -0.2) is 48.0 Å².